The summed E-state index contributed by atoms with van der Waals surface area (Å²) in [6.45, 7) is 4.68. The summed E-state index contributed by atoms with van der Waals surface area (Å²) in [6, 6.07) is 13.4. The van der Waals surface area contributed by atoms with Crippen molar-refractivity contribution >= 4 is 11.6 Å². The van der Waals surface area contributed by atoms with Gasteiger partial charge in [0.05, 0.1) is 11.3 Å². The maximum atomic E-state index is 12.1. The Morgan fingerprint density at radius 2 is 2.04 bits per heavy atom. The van der Waals surface area contributed by atoms with E-state index in [4.69, 9.17) is 4.52 Å². The molecule has 0 unspecified atom stereocenters. The number of anilines is 1. The fraction of sp³-hybridized carbons (Fsp3) is 0.238. The van der Waals surface area contributed by atoms with Gasteiger partial charge in [0, 0.05) is 29.3 Å². The molecule has 0 bridgehead atoms. The van der Waals surface area contributed by atoms with Crippen LogP contribution in [-0.4, -0.2) is 28.6 Å². The first-order chi connectivity index (χ1) is 13.5. The zero-order valence-electron chi connectivity index (χ0n) is 15.6. The second kappa shape index (κ2) is 7.16. The molecule has 2 heterocycles. The molecule has 7 nitrogen and oxygen atoms in total. The number of carbonyl (C=O) groups is 1. The first-order valence-electron chi connectivity index (χ1n) is 9.11. The number of rotatable bonds is 4. The van der Waals surface area contributed by atoms with Gasteiger partial charge in [-0.1, -0.05) is 17.3 Å². The summed E-state index contributed by atoms with van der Waals surface area (Å²) in [5, 5.41) is 19.6. The largest absolute Gasteiger partial charge is 0.382 e. The van der Waals surface area contributed by atoms with Crippen molar-refractivity contribution < 1.29 is 9.32 Å². The molecule has 2 N–H and O–H groups in total. The van der Waals surface area contributed by atoms with Crippen LogP contribution in [-0.2, 0) is 6.42 Å². The summed E-state index contributed by atoms with van der Waals surface area (Å²) in [4.78, 5) is 16.5. The Labute approximate surface area is 162 Å². The molecule has 0 saturated heterocycles. The number of amides is 1. The number of hydrogen-bond acceptors (Lipinski definition) is 6. The Kier molecular flexibility index (Phi) is 4.53. The van der Waals surface area contributed by atoms with E-state index in [1.54, 1.807) is 12.1 Å². The van der Waals surface area contributed by atoms with Crippen molar-refractivity contribution in [1.29, 1.82) is 5.26 Å². The van der Waals surface area contributed by atoms with Gasteiger partial charge in [0.2, 0.25) is 5.82 Å². The molecule has 2 aromatic carbocycles. The number of nitriles is 1. The maximum Gasteiger partial charge on any atom is 0.258 e. The Bertz CT molecular complexity index is 1090. The molecule has 0 saturated carbocycles. The van der Waals surface area contributed by atoms with Crippen LogP contribution in [0.25, 0.3) is 22.8 Å². The molecule has 4 rings (SSSR count). The third kappa shape index (κ3) is 3.32. The van der Waals surface area contributed by atoms with Crippen LogP contribution in [0.15, 0.2) is 40.9 Å². The molecule has 7 heteroatoms. The molecule has 0 atom stereocenters. The van der Waals surface area contributed by atoms with Crippen LogP contribution in [0, 0.1) is 11.3 Å². The summed E-state index contributed by atoms with van der Waals surface area (Å²) in [5.74, 6) is 0.641. The number of carbonyl (C=O) groups excluding carboxylic acids is 1. The lowest BCUT2D eigenvalue weighted by Gasteiger charge is -2.16. The van der Waals surface area contributed by atoms with Crippen molar-refractivity contribution in [1.82, 2.24) is 15.5 Å². The standard InChI is InChI=1S/C21H19N5O2/c1-12(2)24-18-6-5-15(9-16(18)11-22)21-25-19(26-28-21)14-4-3-13-7-8-23-20(27)17(13)10-14/h3-6,9-10,12,24H,7-8H2,1-2H3,(H,23,27). The van der Waals surface area contributed by atoms with Crippen LogP contribution in [0.4, 0.5) is 5.69 Å². The highest BCUT2D eigenvalue weighted by atomic mass is 16.5. The zero-order chi connectivity index (χ0) is 19.7. The third-order valence-corrected chi connectivity index (χ3v) is 4.55. The van der Waals surface area contributed by atoms with Crippen LogP contribution >= 0.6 is 0 Å². The number of fused-ring (bicyclic) bond motifs is 1. The fourth-order valence-corrected chi connectivity index (χ4v) is 3.22. The van der Waals surface area contributed by atoms with Gasteiger partial charge in [0.25, 0.3) is 11.8 Å². The average molecular weight is 373 g/mol. The molecule has 1 aromatic heterocycles. The minimum absolute atomic E-state index is 0.0845. The van der Waals surface area contributed by atoms with E-state index in [0.717, 1.165) is 17.7 Å². The maximum absolute atomic E-state index is 12.1. The van der Waals surface area contributed by atoms with E-state index in [2.05, 4.69) is 26.8 Å². The number of benzene rings is 2. The predicted octanol–water partition coefficient (Wildman–Crippen LogP) is 3.38. The van der Waals surface area contributed by atoms with E-state index < -0.39 is 0 Å². The summed E-state index contributed by atoms with van der Waals surface area (Å²) in [5.41, 5.74) is 4.32. The number of nitrogens with one attached hydrogen (secondary N) is 2. The lowest BCUT2D eigenvalue weighted by atomic mass is 9.98. The van der Waals surface area contributed by atoms with Crippen molar-refractivity contribution in [2.24, 2.45) is 0 Å². The molecular formula is C21H19N5O2. The Hall–Kier alpha value is -3.66. The van der Waals surface area contributed by atoms with E-state index in [-0.39, 0.29) is 11.9 Å². The quantitative estimate of drug-likeness (QED) is 0.726. The van der Waals surface area contributed by atoms with Crippen molar-refractivity contribution in [3.63, 3.8) is 0 Å². The Balaban J connectivity index is 1.66. The van der Waals surface area contributed by atoms with Crippen LogP contribution in [0.2, 0.25) is 0 Å². The van der Waals surface area contributed by atoms with E-state index in [0.29, 0.717) is 40.5 Å². The van der Waals surface area contributed by atoms with E-state index >= 15 is 0 Å². The third-order valence-electron chi connectivity index (χ3n) is 4.55. The molecule has 0 fully saturated rings. The average Bonchev–Trinajstić information content (AvgIpc) is 3.18. The van der Waals surface area contributed by atoms with E-state index in [1.807, 2.05) is 38.1 Å². The van der Waals surface area contributed by atoms with Crippen LogP contribution in [0.3, 0.4) is 0 Å². The van der Waals surface area contributed by atoms with E-state index in [9.17, 15) is 10.1 Å². The number of nitrogens with zero attached hydrogens (tertiary/aromatic N) is 3. The van der Waals surface area contributed by atoms with Crippen LogP contribution < -0.4 is 10.6 Å². The van der Waals surface area contributed by atoms with Gasteiger partial charge < -0.3 is 15.2 Å². The second-order valence-corrected chi connectivity index (χ2v) is 6.97. The Morgan fingerprint density at radius 1 is 1.21 bits per heavy atom. The number of hydrogen-bond donors (Lipinski definition) is 2. The molecule has 0 aliphatic carbocycles. The van der Waals surface area contributed by atoms with Gasteiger partial charge >= 0.3 is 0 Å². The highest BCUT2D eigenvalue weighted by Gasteiger charge is 2.19. The van der Waals surface area contributed by atoms with Crippen molar-refractivity contribution in [2.75, 3.05) is 11.9 Å². The van der Waals surface area contributed by atoms with Crippen LogP contribution in [0.1, 0.15) is 35.3 Å². The highest BCUT2D eigenvalue weighted by Crippen LogP contribution is 2.27. The molecule has 140 valence electrons. The molecule has 1 aliphatic rings. The lowest BCUT2D eigenvalue weighted by molar-refractivity contribution is 0.0946. The molecular weight excluding hydrogens is 354 g/mol. The van der Waals surface area contributed by atoms with Gasteiger partial charge in [-0.15, -0.1) is 0 Å². The summed E-state index contributed by atoms with van der Waals surface area (Å²) in [6.07, 6.45) is 0.812. The minimum atomic E-state index is -0.0845. The minimum Gasteiger partial charge on any atom is -0.382 e. The lowest BCUT2D eigenvalue weighted by Crippen LogP contribution is -2.31. The van der Waals surface area contributed by atoms with Gasteiger partial charge in [-0.2, -0.15) is 10.2 Å². The fourth-order valence-electron chi connectivity index (χ4n) is 3.22. The summed E-state index contributed by atoms with van der Waals surface area (Å²) < 4.78 is 5.40. The molecule has 1 amide bonds. The van der Waals surface area contributed by atoms with Crippen LogP contribution in [0.5, 0.6) is 0 Å². The predicted molar refractivity (Wildman–Crippen MR) is 105 cm³/mol. The van der Waals surface area contributed by atoms with Gasteiger partial charge in [-0.3, -0.25) is 4.79 Å². The molecule has 3 aromatic rings. The van der Waals surface area contributed by atoms with Crippen molar-refractivity contribution in [3.05, 3.63) is 53.1 Å². The SMILES string of the molecule is CC(C)Nc1ccc(-c2nc(-c3ccc4c(c3)C(=O)NCC4)no2)cc1C#N. The first kappa shape index (κ1) is 17.7. The van der Waals surface area contributed by atoms with Gasteiger partial charge in [0.1, 0.15) is 6.07 Å². The number of aromatic nitrogens is 2. The molecule has 1 aliphatic heterocycles. The van der Waals surface area contributed by atoms with Crippen molar-refractivity contribution in [3.8, 4) is 28.9 Å². The molecule has 0 spiro atoms. The topological polar surface area (TPSA) is 104 Å². The normalized spacial score (nSPS) is 13.0. The zero-order valence-corrected chi connectivity index (χ0v) is 15.6. The summed E-state index contributed by atoms with van der Waals surface area (Å²) >= 11 is 0. The van der Waals surface area contributed by atoms with Crippen molar-refractivity contribution in [2.45, 2.75) is 26.3 Å². The smallest absolute Gasteiger partial charge is 0.258 e. The second-order valence-electron chi connectivity index (χ2n) is 6.97. The van der Waals surface area contributed by atoms with Gasteiger partial charge in [-0.05, 0) is 50.1 Å². The first-order valence-corrected chi connectivity index (χ1v) is 9.11. The monoisotopic (exact) mass is 373 g/mol. The van der Waals surface area contributed by atoms with E-state index in [1.165, 1.54) is 0 Å². The van der Waals surface area contributed by atoms with Gasteiger partial charge in [-0.25, -0.2) is 0 Å². The molecule has 0 radical (unpaired) electrons. The Morgan fingerprint density at radius 3 is 2.82 bits per heavy atom. The summed E-state index contributed by atoms with van der Waals surface area (Å²) in [7, 11) is 0. The molecule has 28 heavy (non-hydrogen) atoms. The highest BCUT2D eigenvalue weighted by molar-refractivity contribution is 5.97. The van der Waals surface area contributed by atoms with Gasteiger partial charge in [0.15, 0.2) is 0 Å².